The van der Waals surface area contributed by atoms with Crippen molar-refractivity contribution in [1.82, 2.24) is 44.5 Å². The first kappa shape index (κ1) is 24.4. The first-order valence-corrected chi connectivity index (χ1v) is 12.8. The minimum Gasteiger partial charge on any atom is -0.290 e. The van der Waals surface area contributed by atoms with Gasteiger partial charge in [-0.05, 0) is 41.3 Å². The van der Waals surface area contributed by atoms with E-state index >= 15 is 0 Å². The lowest BCUT2D eigenvalue weighted by Crippen LogP contribution is -2.26. The summed E-state index contributed by atoms with van der Waals surface area (Å²) in [4.78, 5) is 18.3. The Bertz CT molecular complexity index is 1490. The van der Waals surface area contributed by atoms with Crippen molar-refractivity contribution in [3.8, 4) is 28.3 Å². The molecule has 0 amide bonds. The Hall–Kier alpha value is -4.34. The van der Waals surface area contributed by atoms with Crippen LogP contribution in [0.4, 0.5) is 0 Å². The van der Waals surface area contributed by atoms with Crippen LogP contribution in [0.2, 0.25) is 0 Å². The predicted octanol–water partition coefficient (Wildman–Crippen LogP) is 4.27. The number of hydrogen-bond acceptors (Lipinski definition) is 6. The number of imidazole rings is 1. The average Bonchev–Trinajstić information content (AvgIpc) is 3.69. The van der Waals surface area contributed by atoms with Gasteiger partial charge in [0.1, 0.15) is 5.82 Å². The molecule has 4 aromatic heterocycles. The molecule has 0 spiro atoms. The van der Waals surface area contributed by atoms with Gasteiger partial charge in [-0.1, -0.05) is 57.0 Å². The third-order valence-electron chi connectivity index (χ3n) is 6.50. The number of aromatic nitrogens is 9. The number of aryl methyl sites for hydroxylation is 2. The van der Waals surface area contributed by atoms with Gasteiger partial charge in [0.05, 0.1) is 18.4 Å². The van der Waals surface area contributed by atoms with E-state index in [0.717, 1.165) is 72.5 Å². The number of pyridine rings is 1. The Morgan fingerprint density at radius 1 is 0.973 bits per heavy atom. The zero-order valence-corrected chi connectivity index (χ0v) is 21.2. The number of tetrazole rings is 1. The summed E-state index contributed by atoms with van der Waals surface area (Å²) in [5, 5.41) is 18.7. The zero-order valence-electron chi connectivity index (χ0n) is 21.2. The highest BCUT2D eigenvalue weighted by molar-refractivity contribution is 5.79. The van der Waals surface area contributed by atoms with Crippen LogP contribution in [-0.4, -0.2) is 44.5 Å². The molecular weight excluding hydrogens is 466 g/mol. The van der Waals surface area contributed by atoms with Gasteiger partial charge in [-0.3, -0.25) is 14.1 Å². The highest BCUT2D eigenvalue weighted by Gasteiger charge is 2.16. The molecule has 5 rings (SSSR count). The molecule has 37 heavy (non-hydrogen) atoms. The molecule has 0 bridgehead atoms. The number of aromatic amines is 1. The lowest BCUT2D eigenvalue weighted by atomic mass is 10.0. The molecule has 0 radical (unpaired) electrons. The minimum absolute atomic E-state index is 0.0709. The quantitative estimate of drug-likeness (QED) is 0.292. The number of nitrogens with one attached hydrogen (secondary N) is 1. The van der Waals surface area contributed by atoms with Crippen molar-refractivity contribution in [3.05, 3.63) is 82.9 Å². The van der Waals surface area contributed by atoms with Gasteiger partial charge in [-0.2, -0.15) is 5.10 Å². The molecule has 5 aromatic rings. The maximum absolute atomic E-state index is 13.6. The van der Waals surface area contributed by atoms with Gasteiger partial charge in [-0.15, -0.1) is 5.10 Å². The second-order valence-electron chi connectivity index (χ2n) is 9.06. The summed E-state index contributed by atoms with van der Waals surface area (Å²) in [6.45, 7) is 5.50. The van der Waals surface area contributed by atoms with Crippen molar-refractivity contribution in [1.29, 1.82) is 0 Å². The second-order valence-corrected chi connectivity index (χ2v) is 9.06. The summed E-state index contributed by atoms with van der Waals surface area (Å²) in [7, 11) is 0. The van der Waals surface area contributed by atoms with Crippen molar-refractivity contribution in [2.75, 3.05) is 0 Å². The Balaban J connectivity index is 1.45. The number of H-pyrrole nitrogens is 1. The Kier molecular flexibility index (Phi) is 7.34. The van der Waals surface area contributed by atoms with Crippen LogP contribution in [0, 0.1) is 0 Å². The first-order valence-electron chi connectivity index (χ1n) is 12.8. The third kappa shape index (κ3) is 5.13. The van der Waals surface area contributed by atoms with Gasteiger partial charge in [0.2, 0.25) is 0 Å². The minimum atomic E-state index is -0.0709. The van der Waals surface area contributed by atoms with Crippen molar-refractivity contribution in [2.45, 2.75) is 59.0 Å². The maximum Gasteiger partial charge on any atom is 0.334 e. The Labute approximate surface area is 215 Å². The fourth-order valence-electron chi connectivity index (χ4n) is 4.48. The van der Waals surface area contributed by atoms with Gasteiger partial charge in [0.15, 0.2) is 5.82 Å². The van der Waals surface area contributed by atoms with Gasteiger partial charge >= 0.3 is 5.69 Å². The summed E-state index contributed by atoms with van der Waals surface area (Å²) in [5.74, 6) is 1.41. The van der Waals surface area contributed by atoms with Crippen molar-refractivity contribution in [3.63, 3.8) is 0 Å². The number of benzene rings is 1. The number of rotatable bonds is 11. The monoisotopic (exact) mass is 497 g/mol. The van der Waals surface area contributed by atoms with E-state index in [1.165, 1.54) is 0 Å². The third-order valence-corrected chi connectivity index (χ3v) is 6.50. The van der Waals surface area contributed by atoms with Crippen LogP contribution in [0.5, 0.6) is 0 Å². The van der Waals surface area contributed by atoms with Gasteiger partial charge in [0, 0.05) is 41.8 Å². The smallest absolute Gasteiger partial charge is 0.290 e. The molecule has 10 heteroatoms. The second kappa shape index (κ2) is 11.2. The van der Waals surface area contributed by atoms with E-state index in [1.54, 1.807) is 10.8 Å². The maximum atomic E-state index is 13.6. The van der Waals surface area contributed by atoms with Gasteiger partial charge < -0.3 is 0 Å². The fraction of sp³-hybridized carbons (Fsp3) is 0.333. The molecule has 190 valence electrons. The summed E-state index contributed by atoms with van der Waals surface area (Å²) in [5.41, 5.74) is 4.58. The molecule has 0 saturated heterocycles. The van der Waals surface area contributed by atoms with E-state index in [1.807, 2.05) is 64.1 Å². The van der Waals surface area contributed by atoms with E-state index in [2.05, 4.69) is 39.6 Å². The molecule has 4 heterocycles. The molecule has 0 atom stereocenters. The molecule has 10 nitrogen and oxygen atoms in total. The van der Waals surface area contributed by atoms with Crippen LogP contribution >= 0.6 is 0 Å². The largest absolute Gasteiger partial charge is 0.334 e. The summed E-state index contributed by atoms with van der Waals surface area (Å²) < 4.78 is 5.47. The van der Waals surface area contributed by atoms with Crippen LogP contribution in [0.25, 0.3) is 28.3 Å². The van der Waals surface area contributed by atoms with Crippen LogP contribution in [0.15, 0.2) is 65.8 Å². The van der Waals surface area contributed by atoms with Crippen molar-refractivity contribution in [2.24, 2.45) is 0 Å². The van der Waals surface area contributed by atoms with Crippen LogP contribution in [-0.2, 0) is 19.5 Å². The Morgan fingerprint density at radius 2 is 1.81 bits per heavy atom. The molecule has 0 saturated carbocycles. The molecule has 0 unspecified atom stereocenters. The molecule has 0 fully saturated rings. The molecule has 1 N–H and O–H groups in total. The van der Waals surface area contributed by atoms with Crippen molar-refractivity contribution >= 4 is 0 Å². The van der Waals surface area contributed by atoms with E-state index in [9.17, 15) is 4.79 Å². The lowest BCUT2D eigenvalue weighted by Gasteiger charge is -2.09. The number of nitrogens with zero attached hydrogens (tertiary/aromatic N) is 8. The summed E-state index contributed by atoms with van der Waals surface area (Å²) in [6.07, 6.45) is 10.5. The lowest BCUT2D eigenvalue weighted by molar-refractivity contribution is 0.556. The molecule has 0 aliphatic rings. The standard InChI is InChI=1S/C27H31N9O/c1-3-5-9-22-19-35(25-14-15-29-36(25)16-6-4-2)27(37)34(22)18-21-13-12-20(17-28-21)23-10-7-8-11-24(23)26-30-32-33-31-26/h7-8,10-15,17,19H,3-6,9,16,18H2,1-2H3,(H,30,31,32,33). The highest BCUT2D eigenvalue weighted by Crippen LogP contribution is 2.29. The normalized spacial score (nSPS) is 11.3. The van der Waals surface area contributed by atoms with E-state index in [4.69, 9.17) is 4.98 Å². The van der Waals surface area contributed by atoms with Crippen LogP contribution < -0.4 is 5.69 Å². The SMILES string of the molecule is CCCCc1cn(-c2ccnn2CCCC)c(=O)n1Cc1ccc(-c2ccccc2-c2nnn[nH]2)cn1. The fourth-order valence-corrected chi connectivity index (χ4v) is 4.48. The average molecular weight is 498 g/mol. The van der Waals surface area contributed by atoms with E-state index in [0.29, 0.717) is 12.4 Å². The summed E-state index contributed by atoms with van der Waals surface area (Å²) >= 11 is 0. The van der Waals surface area contributed by atoms with E-state index < -0.39 is 0 Å². The van der Waals surface area contributed by atoms with Crippen LogP contribution in [0.3, 0.4) is 0 Å². The molecule has 1 aromatic carbocycles. The highest BCUT2D eigenvalue weighted by atomic mass is 16.1. The van der Waals surface area contributed by atoms with E-state index in [-0.39, 0.29) is 5.69 Å². The molecule has 0 aliphatic carbocycles. The number of hydrogen-bond donors (Lipinski definition) is 1. The number of unbranched alkanes of at least 4 members (excludes halogenated alkanes) is 2. The Morgan fingerprint density at radius 3 is 2.54 bits per heavy atom. The topological polar surface area (TPSA) is 112 Å². The first-order chi connectivity index (χ1) is 18.2. The summed E-state index contributed by atoms with van der Waals surface area (Å²) in [6, 6.07) is 13.8. The van der Waals surface area contributed by atoms with Gasteiger partial charge in [-0.25, -0.2) is 14.6 Å². The zero-order chi connectivity index (χ0) is 25.6. The van der Waals surface area contributed by atoms with Crippen LogP contribution in [0.1, 0.15) is 50.9 Å². The van der Waals surface area contributed by atoms with Crippen molar-refractivity contribution < 1.29 is 0 Å². The van der Waals surface area contributed by atoms with Gasteiger partial charge in [0.25, 0.3) is 0 Å². The molecule has 0 aliphatic heterocycles. The predicted molar refractivity (Wildman–Crippen MR) is 141 cm³/mol. The molecular formula is C27H31N9O.